The van der Waals surface area contributed by atoms with Crippen molar-refractivity contribution in [2.75, 3.05) is 13.1 Å². The Morgan fingerprint density at radius 3 is 2.69 bits per heavy atom. The van der Waals surface area contributed by atoms with Gasteiger partial charge in [0.1, 0.15) is 5.84 Å². The maximum atomic E-state index is 5.73. The molecule has 0 saturated carbocycles. The van der Waals surface area contributed by atoms with Gasteiger partial charge in [-0.05, 0) is 5.56 Å². The second-order valence-electron chi connectivity index (χ2n) is 3.15. The standard InChI is InChI=1S/C10H13N3/c11-13-7-6-12-10(13)8-9-4-2-1-3-5-9/h1-5H,6-8,11H2. The Kier molecular flexibility index (Phi) is 2.27. The number of hydrogen-bond acceptors (Lipinski definition) is 3. The quantitative estimate of drug-likeness (QED) is 0.676. The van der Waals surface area contributed by atoms with E-state index in [-0.39, 0.29) is 0 Å². The number of rotatable bonds is 2. The number of nitrogens with two attached hydrogens (primary N) is 1. The molecule has 3 heteroatoms. The zero-order chi connectivity index (χ0) is 9.10. The summed E-state index contributed by atoms with van der Waals surface area (Å²) in [7, 11) is 0. The topological polar surface area (TPSA) is 41.6 Å². The van der Waals surface area contributed by atoms with Crippen molar-refractivity contribution >= 4 is 5.84 Å². The van der Waals surface area contributed by atoms with E-state index in [1.165, 1.54) is 5.56 Å². The smallest absolute Gasteiger partial charge is 0.117 e. The van der Waals surface area contributed by atoms with Gasteiger partial charge in [0, 0.05) is 6.42 Å². The molecule has 0 atom stereocenters. The van der Waals surface area contributed by atoms with Crippen LogP contribution in [0.1, 0.15) is 5.56 Å². The van der Waals surface area contributed by atoms with E-state index in [2.05, 4.69) is 17.1 Å². The third-order valence-corrected chi connectivity index (χ3v) is 2.17. The van der Waals surface area contributed by atoms with E-state index >= 15 is 0 Å². The molecule has 1 aliphatic heterocycles. The Morgan fingerprint density at radius 1 is 1.31 bits per heavy atom. The zero-order valence-corrected chi connectivity index (χ0v) is 7.48. The van der Waals surface area contributed by atoms with Crippen molar-refractivity contribution in [3.63, 3.8) is 0 Å². The Hall–Kier alpha value is -1.35. The van der Waals surface area contributed by atoms with Gasteiger partial charge in [0.15, 0.2) is 0 Å². The third-order valence-electron chi connectivity index (χ3n) is 2.17. The van der Waals surface area contributed by atoms with Gasteiger partial charge in [-0.15, -0.1) is 0 Å². The van der Waals surface area contributed by atoms with Crippen molar-refractivity contribution in [1.82, 2.24) is 5.01 Å². The van der Waals surface area contributed by atoms with Crippen LogP contribution in [-0.4, -0.2) is 23.9 Å². The molecule has 0 unspecified atom stereocenters. The summed E-state index contributed by atoms with van der Waals surface area (Å²) in [5, 5.41) is 1.73. The summed E-state index contributed by atoms with van der Waals surface area (Å²) >= 11 is 0. The van der Waals surface area contributed by atoms with E-state index in [0.717, 1.165) is 25.3 Å². The molecule has 13 heavy (non-hydrogen) atoms. The molecule has 1 aromatic rings. The van der Waals surface area contributed by atoms with Gasteiger partial charge in [0.05, 0.1) is 13.1 Å². The lowest BCUT2D eigenvalue weighted by atomic mass is 10.1. The molecule has 2 rings (SSSR count). The van der Waals surface area contributed by atoms with E-state index in [0.29, 0.717) is 0 Å². The van der Waals surface area contributed by atoms with Crippen LogP contribution in [0.5, 0.6) is 0 Å². The van der Waals surface area contributed by atoms with Gasteiger partial charge in [-0.1, -0.05) is 30.3 Å². The summed E-state index contributed by atoms with van der Waals surface area (Å²) in [5.41, 5.74) is 1.26. The first-order chi connectivity index (χ1) is 6.36. The second kappa shape index (κ2) is 3.58. The minimum Gasteiger partial charge on any atom is -0.297 e. The molecule has 0 spiro atoms. The molecule has 68 valence electrons. The molecular formula is C10H13N3. The van der Waals surface area contributed by atoms with Gasteiger partial charge in [-0.25, -0.2) is 5.84 Å². The van der Waals surface area contributed by atoms with Crippen molar-refractivity contribution in [2.45, 2.75) is 6.42 Å². The summed E-state index contributed by atoms with van der Waals surface area (Å²) in [6.45, 7) is 1.68. The molecule has 0 amide bonds. The average Bonchev–Trinajstić information content (AvgIpc) is 2.54. The Balaban J connectivity index is 2.06. The maximum absolute atomic E-state index is 5.73. The van der Waals surface area contributed by atoms with Crippen molar-refractivity contribution in [3.05, 3.63) is 35.9 Å². The number of nitrogens with zero attached hydrogens (tertiary/aromatic N) is 2. The van der Waals surface area contributed by atoms with E-state index in [1.807, 2.05) is 18.2 Å². The molecule has 3 nitrogen and oxygen atoms in total. The molecule has 0 bridgehead atoms. The highest BCUT2D eigenvalue weighted by Crippen LogP contribution is 2.05. The molecule has 2 N–H and O–H groups in total. The van der Waals surface area contributed by atoms with E-state index in [4.69, 9.17) is 5.84 Å². The fraction of sp³-hybridized carbons (Fsp3) is 0.300. The van der Waals surface area contributed by atoms with Crippen LogP contribution in [0.25, 0.3) is 0 Å². The number of hydrazine groups is 1. The van der Waals surface area contributed by atoms with Crippen LogP contribution < -0.4 is 5.84 Å². The predicted molar refractivity (Wildman–Crippen MR) is 53.3 cm³/mol. The highest BCUT2D eigenvalue weighted by Gasteiger charge is 2.12. The predicted octanol–water partition coefficient (Wildman–Crippen LogP) is 0.817. The molecule has 1 aliphatic rings. The van der Waals surface area contributed by atoms with Gasteiger partial charge < -0.3 is 0 Å². The van der Waals surface area contributed by atoms with Crippen LogP contribution in [0.2, 0.25) is 0 Å². The molecule has 0 radical (unpaired) electrons. The zero-order valence-electron chi connectivity index (χ0n) is 7.48. The first kappa shape index (κ1) is 8.26. The van der Waals surface area contributed by atoms with Gasteiger partial charge >= 0.3 is 0 Å². The van der Waals surface area contributed by atoms with Crippen molar-refractivity contribution in [2.24, 2.45) is 10.8 Å². The number of aliphatic imine (C=N–C) groups is 1. The second-order valence-corrected chi connectivity index (χ2v) is 3.15. The normalized spacial score (nSPS) is 16.1. The monoisotopic (exact) mass is 175 g/mol. The molecule has 1 heterocycles. The first-order valence-corrected chi connectivity index (χ1v) is 4.46. The van der Waals surface area contributed by atoms with Gasteiger partial charge in [-0.3, -0.25) is 10.0 Å². The summed E-state index contributed by atoms with van der Waals surface area (Å²) in [4.78, 5) is 4.33. The Labute approximate surface area is 77.9 Å². The van der Waals surface area contributed by atoms with E-state index in [9.17, 15) is 0 Å². The number of hydrogen-bond donors (Lipinski definition) is 1. The average molecular weight is 175 g/mol. The fourth-order valence-corrected chi connectivity index (χ4v) is 1.44. The van der Waals surface area contributed by atoms with Crippen LogP contribution in [0.4, 0.5) is 0 Å². The molecule has 0 aromatic heterocycles. The van der Waals surface area contributed by atoms with Crippen molar-refractivity contribution < 1.29 is 0 Å². The minimum absolute atomic E-state index is 0.832. The summed E-state index contributed by atoms with van der Waals surface area (Å²) in [5.74, 6) is 6.72. The van der Waals surface area contributed by atoms with Crippen LogP contribution >= 0.6 is 0 Å². The van der Waals surface area contributed by atoms with Crippen LogP contribution in [0.3, 0.4) is 0 Å². The lowest BCUT2D eigenvalue weighted by molar-refractivity contribution is 0.477. The first-order valence-electron chi connectivity index (χ1n) is 4.46. The highest BCUT2D eigenvalue weighted by molar-refractivity contribution is 5.85. The largest absolute Gasteiger partial charge is 0.297 e. The Morgan fingerprint density at radius 2 is 2.08 bits per heavy atom. The Bertz CT molecular complexity index is 305. The van der Waals surface area contributed by atoms with E-state index in [1.54, 1.807) is 5.01 Å². The summed E-state index contributed by atoms with van der Waals surface area (Å²) < 4.78 is 0. The van der Waals surface area contributed by atoms with Crippen LogP contribution in [-0.2, 0) is 6.42 Å². The SMILES string of the molecule is NN1CCN=C1Cc1ccccc1. The molecule has 1 aromatic carbocycles. The maximum Gasteiger partial charge on any atom is 0.117 e. The third kappa shape index (κ3) is 1.87. The van der Waals surface area contributed by atoms with Gasteiger partial charge in [0.25, 0.3) is 0 Å². The van der Waals surface area contributed by atoms with Gasteiger partial charge in [-0.2, -0.15) is 0 Å². The fourth-order valence-electron chi connectivity index (χ4n) is 1.44. The molecule has 0 saturated heterocycles. The van der Waals surface area contributed by atoms with Gasteiger partial charge in [0.2, 0.25) is 0 Å². The van der Waals surface area contributed by atoms with E-state index < -0.39 is 0 Å². The number of amidine groups is 1. The molecular weight excluding hydrogens is 162 g/mol. The van der Waals surface area contributed by atoms with Crippen molar-refractivity contribution in [1.29, 1.82) is 0 Å². The van der Waals surface area contributed by atoms with Crippen molar-refractivity contribution in [3.8, 4) is 0 Å². The highest BCUT2D eigenvalue weighted by atomic mass is 15.4. The lowest BCUT2D eigenvalue weighted by Crippen LogP contribution is -2.35. The summed E-state index contributed by atoms with van der Waals surface area (Å²) in [6, 6.07) is 10.3. The molecule has 0 aliphatic carbocycles. The lowest BCUT2D eigenvalue weighted by Gasteiger charge is -2.12. The minimum atomic E-state index is 0.832. The van der Waals surface area contributed by atoms with Crippen LogP contribution in [0, 0.1) is 0 Å². The summed E-state index contributed by atoms with van der Waals surface area (Å²) in [6.07, 6.45) is 0.845. The van der Waals surface area contributed by atoms with Crippen LogP contribution in [0.15, 0.2) is 35.3 Å². The molecule has 0 fully saturated rings. The number of benzene rings is 1.